The smallest absolute Gasteiger partial charge is 0.292 e. The number of furan rings is 1. The molecule has 1 amide bonds. The zero-order valence-electron chi connectivity index (χ0n) is 14.8. The first-order chi connectivity index (χ1) is 12.7. The molecule has 6 nitrogen and oxygen atoms in total. The summed E-state index contributed by atoms with van der Waals surface area (Å²) in [6.45, 7) is 1.77. The molecule has 1 fully saturated rings. The van der Waals surface area contributed by atoms with Crippen molar-refractivity contribution in [3.63, 3.8) is 0 Å². The molecule has 3 heterocycles. The van der Waals surface area contributed by atoms with Crippen molar-refractivity contribution in [3.05, 3.63) is 59.4 Å². The highest BCUT2D eigenvalue weighted by Gasteiger charge is 2.33. The molecular weight excluding hydrogens is 368 g/mol. The number of carbonyl (C=O) groups excluding carboxylic acids is 1. The summed E-state index contributed by atoms with van der Waals surface area (Å²) in [5.74, 6) is -0.0149. The van der Waals surface area contributed by atoms with E-state index >= 15 is 0 Å². The highest BCUT2D eigenvalue weighted by atomic mass is 35.5. The number of ether oxygens (including phenoxy) is 2. The maximum absolute atomic E-state index is 11.9. The van der Waals surface area contributed by atoms with E-state index in [-0.39, 0.29) is 18.5 Å². The number of piperidine rings is 1. The molecule has 1 aromatic heterocycles. The highest BCUT2D eigenvalue weighted by Crippen LogP contribution is 2.35. The van der Waals surface area contributed by atoms with Gasteiger partial charge in [0.1, 0.15) is 6.10 Å². The second-order valence-electron chi connectivity index (χ2n) is 6.58. The first-order valence-electron chi connectivity index (χ1n) is 8.89. The maximum Gasteiger partial charge on any atom is 0.292 e. The van der Waals surface area contributed by atoms with Crippen molar-refractivity contribution in [2.24, 2.45) is 5.73 Å². The Labute approximate surface area is 164 Å². The summed E-state index contributed by atoms with van der Waals surface area (Å²) in [5, 5.41) is 3.35. The number of hydrogen-bond donors (Lipinski definition) is 2. The fourth-order valence-electron chi connectivity index (χ4n) is 3.49. The van der Waals surface area contributed by atoms with Crippen LogP contribution in [0.1, 0.15) is 40.4 Å². The summed E-state index contributed by atoms with van der Waals surface area (Å²) in [4.78, 5) is 11.9. The zero-order chi connectivity index (χ0) is 17.9. The Bertz CT molecular complexity index is 814. The summed E-state index contributed by atoms with van der Waals surface area (Å²) < 4.78 is 17.8. The largest absolute Gasteiger partial charge is 0.454 e. The van der Waals surface area contributed by atoms with Gasteiger partial charge in [-0.3, -0.25) is 4.79 Å². The number of primary amides is 1. The van der Waals surface area contributed by atoms with Gasteiger partial charge in [-0.1, -0.05) is 18.2 Å². The molecule has 4 rings (SSSR count). The Hall–Kier alpha value is -2.28. The molecule has 1 aromatic carbocycles. The molecule has 0 radical (unpaired) electrons. The van der Waals surface area contributed by atoms with E-state index in [1.807, 2.05) is 30.4 Å². The van der Waals surface area contributed by atoms with Gasteiger partial charge >= 0.3 is 0 Å². The van der Waals surface area contributed by atoms with Crippen LogP contribution in [0.2, 0.25) is 0 Å². The molecule has 0 spiro atoms. The van der Waals surface area contributed by atoms with Crippen molar-refractivity contribution < 1.29 is 18.7 Å². The average molecular weight is 391 g/mol. The van der Waals surface area contributed by atoms with E-state index in [1.54, 1.807) is 18.4 Å². The van der Waals surface area contributed by atoms with Crippen LogP contribution in [0.5, 0.6) is 5.95 Å². The van der Waals surface area contributed by atoms with Crippen molar-refractivity contribution in [2.45, 2.75) is 31.2 Å². The molecule has 0 aliphatic carbocycles. The zero-order valence-corrected chi connectivity index (χ0v) is 15.6. The predicted molar refractivity (Wildman–Crippen MR) is 104 cm³/mol. The van der Waals surface area contributed by atoms with Crippen LogP contribution in [-0.4, -0.2) is 31.2 Å². The van der Waals surface area contributed by atoms with E-state index in [2.05, 4.69) is 5.32 Å². The number of amides is 1. The fraction of sp³-hybridized carbons (Fsp3) is 0.350. The molecule has 3 N–H and O–H groups in total. The number of carbonyl (C=O) groups is 1. The van der Waals surface area contributed by atoms with E-state index < -0.39 is 18.1 Å². The van der Waals surface area contributed by atoms with E-state index in [0.717, 1.165) is 37.1 Å². The Morgan fingerprint density at radius 2 is 2.15 bits per heavy atom. The fourth-order valence-corrected chi connectivity index (χ4v) is 3.49. The first kappa shape index (κ1) is 19.5. The molecule has 0 bridgehead atoms. The average Bonchev–Trinajstić information content (AvgIpc) is 3.14. The molecule has 3 atom stereocenters. The molecular formula is C20H23ClN2O4. The van der Waals surface area contributed by atoms with Crippen LogP contribution < -0.4 is 15.8 Å². The van der Waals surface area contributed by atoms with Crippen LogP contribution in [0, 0.1) is 0 Å². The molecule has 27 heavy (non-hydrogen) atoms. The number of hydrogen-bond acceptors (Lipinski definition) is 5. The molecule has 3 unspecified atom stereocenters. The van der Waals surface area contributed by atoms with Crippen molar-refractivity contribution in [1.29, 1.82) is 0 Å². The second kappa shape index (κ2) is 8.61. The van der Waals surface area contributed by atoms with Gasteiger partial charge in [-0.05, 0) is 49.2 Å². The monoisotopic (exact) mass is 390 g/mol. The van der Waals surface area contributed by atoms with Gasteiger partial charge in [0.05, 0.1) is 17.9 Å². The molecule has 2 aromatic rings. The van der Waals surface area contributed by atoms with E-state index in [1.165, 1.54) is 0 Å². The topological polar surface area (TPSA) is 86.7 Å². The number of halogens is 1. The second-order valence-corrected chi connectivity index (χ2v) is 6.58. The van der Waals surface area contributed by atoms with Crippen molar-refractivity contribution >= 4 is 24.4 Å². The third-order valence-corrected chi connectivity index (χ3v) is 4.79. The van der Waals surface area contributed by atoms with Crippen LogP contribution in [0.25, 0.3) is 6.08 Å². The van der Waals surface area contributed by atoms with Gasteiger partial charge < -0.3 is 24.9 Å². The Morgan fingerprint density at radius 1 is 1.30 bits per heavy atom. The van der Waals surface area contributed by atoms with E-state index in [4.69, 9.17) is 19.6 Å². The molecule has 2 aliphatic rings. The summed E-state index contributed by atoms with van der Waals surface area (Å²) in [6.07, 6.45) is 6.68. The lowest BCUT2D eigenvalue weighted by Gasteiger charge is -2.33. The quantitative estimate of drug-likeness (QED) is 0.819. The number of rotatable bonds is 5. The van der Waals surface area contributed by atoms with Gasteiger partial charge in [0, 0.05) is 12.1 Å². The van der Waals surface area contributed by atoms with Crippen LogP contribution in [-0.2, 0) is 4.74 Å². The number of fused-ring (bicyclic) bond motifs is 1. The minimum absolute atomic E-state index is 0. The molecule has 7 heteroatoms. The summed E-state index contributed by atoms with van der Waals surface area (Å²) >= 11 is 0. The van der Waals surface area contributed by atoms with Gasteiger partial charge in [-0.15, -0.1) is 12.4 Å². The standard InChI is InChI=1S/C20H22N2O4.ClH/c21-19(23)16-6-2-1-5-15(16)18(25-14-4-3-10-22-12-14)17-8-7-13-9-11-24-20(13)26-17;/h1-2,5-9,11,14,17-18,22H,3-4,10,12H2,(H2,21,23);1H. The van der Waals surface area contributed by atoms with Crippen molar-refractivity contribution in [1.82, 2.24) is 5.32 Å². The van der Waals surface area contributed by atoms with Gasteiger partial charge in [-0.25, -0.2) is 0 Å². The summed E-state index contributed by atoms with van der Waals surface area (Å²) in [7, 11) is 0. The summed E-state index contributed by atoms with van der Waals surface area (Å²) in [5.41, 5.74) is 7.66. The van der Waals surface area contributed by atoms with Crippen LogP contribution in [0.15, 0.2) is 47.1 Å². The first-order valence-corrected chi connectivity index (χ1v) is 8.89. The van der Waals surface area contributed by atoms with E-state index in [9.17, 15) is 4.79 Å². The van der Waals surface area contributed by atoms with Gasteiger partial charge in [0.15, 0.2) is 6.10 Å². The Morgan fingerprint density at radius 3 is 2.93 bits per heavy atom. The van der Waals surface area contributed by atoms with Crippen molar-refractivity contribution in [2.75, 3.05) is 13.1 Å². The van der Waals surface area contributed by atoms with Crippen LogP contribution in [0.3, 0.4) is 0 Å². The molecule has 0 saturated carbocycles. The lowest BCUT2D eigenvalue weighted by molar-refractivity contribution is -0.0687. The number of benzene rings is 1. The van der Waals surface area contributed by atoms with Gasteiger partial charge in [-0.2, -0.15) is 0 Å². The Kier molecular flexibility index (Phi) is 6.21. The number of nitrogens with one attached hydrogen (secondary N) is 1. The Balaban J connectivity index is 0.00000210. The minimum Gasteiger partial charge on any atom is -0.454 e. The summed E-state index contributed by atoms with van der Waals surface area (Å²) in [6, 6.07) is 9.11. The van der Waals surface area contributed by atoms with Crippen LogP contribution >= 0.6 is 12.4 Å². The highest BCUT2D eigenvalue weighted by molar-refractivity contribution is 5.94. The van der Waals surface area contributed by atoms with Gasteiger partial charge in [0.2, 0.25) is 5.91 Å². The van der Waals surface area contributed by atoms with Crippen molar-refractivity contribution in [3.8, 4) is 5.95 Å². The third-order valence-electron chi connectivity index (χ3n) is 4.79. The molecule has 2 aliphatic heterocycles. The lowest BCUT2D eigenvalue weighted by atomic mass is 9.96. The van der Waals surface area contributed by atoms with Gasteiger partial charge in [0.25, 0.3) is 5.95 Å². The molecule has 1 saturated heterocycles. The number of nitrogens with two attached hydrogens (primary N) is 1. The van der Waals surface area contributed by atoms with E-state index in [0.29, 0.717) is 11.5 Å². The SMILES string of the molecule is Cl.NC(=O)c1ccccc1C(OC1CCCNC1)C1C=Cc2ccoc2O1. The lowest BCUT2D eigenvalue weighted by Crippen LogP contribution is -2.39. The minimum atomic E-state index is -0.477. The normalized spacial score (nSPS) is 22.2. The maximum atomic E-state index is 11.9. The molecule has 144 valence electrons. The third kappa shape index (κ3) is 4.18. The van der Waals surface area contributed by atoms with Crippen LogP contribution in [0.4, 0.5) is 0 Å². The predicted octanol–water partition coefficient (Wildman–Crippen LogP) is 3.08.